The first-order valence-corrected chi connectivity index (χ1v) is 6.26. The van der Waals surface area contributed by atoms with E-state index in [1.165, 1.54) is 18.2 Å². The van der Waals surface area contributed by atoms with Crippen LogP contribution < -0.4 is 5.73 Å². The molecule has 1 unspecified atom stereocenters. The van der Waals surface area contributed by atoms with Gasteiger partial charge in [0.2, 0.25) is 0 Å². The highest BCUT2D eigenvalue weighted by molar-refractivity contribution is 5.48. The van der Waals surface area contributed by atoms with Gasteiger partial charge in [0.15, 0.2) is 0 Å². The monoisotopic (exact) mass is 263 g/mol. The van der Waals surface area contributed by atoms with E-state index in [-0.39, 0.29) is 0 Å². The zero-order valence-electron chi connectivity index (χ0n) is 11.1. The van der Waals surface area contributed by atoms with Gasteiger partial charge in [0.1, 0.15) is 5.82 Å². The minimum absolute atomic E-state index is 0.358. The third-order valence-electron chi connectivity index (χ3n) is 3.20. The minimum atomic E-state index is -0.837. The van der Waals surface area contributed by atoms with Crippen LogP contribution in [0.3, 0.4) is 0 Å². The van der Waals surface area contributed by atoms with E-state index in [4.69, 9.17) is 5.73 Å². The van der Waals surface area contributed by atoms with Gasteiger partial charge >= 0.3 is 0 Å². The number of aliphatic hydroxyl groups excluding tert-OH is 1. The van der Waals surface area contributed by atoms with Crippen molar-refractivity contribution in [3.63, 3.8) is 0 Å². The molecule has 5 heteroatoms. The van der Waals surface area contributed by atoms with Gasteiger partial charge in [-0.05, 0) is 30.7 Å². The number of aryl methyl sites for hydroxylation is 2. The molecule has 0 fully saturated rings. The molecule has 1 aromatic carbocycles. The van der Waals surface area contributed by atoms with E-state index in [0.29, 0.717) is 17.7 Å². The van der Waals surface area contributed by atoms with Crippen molar-refractivity contribution in [3.05, 3.63) is 47.0 Å². The summed E-state index contributed by atoms with van der Waals surface area (Å²) in [5.41, 5.74) is 8.44. The Balaban J connectivity index is 2.22. The fourth-order valence-electron chi connectivity index (χ4n) is 2.08. The fourth-order valence-corrected chi connectivity index (χ4v) is 2.08. The molecule has 2 rings (SSSR count). The van der Waals surface area contributed by atoms with E-state index < -0.39 is 11.9 Å². The standard InChI is InChI=1S/C14H18FN3O/c1-3-10-7-11(18(2)17-10)8-14(19)12-6-9(15)4-5-13(12)16/h4-7,14,19H,3,8,16H2,1-2H3. The molecule has 0 saturated heterocycles. The van der Waals surface area contributed by atoms with Crippen LogP contribution in [0, 0.1) is 5.82 Å². The number of halogens is 1. The van der Waals surface area contributed by atoms with Crippen LogP contribution in [0.4, 0.5) is 10.1 Å². The molecule has 0 saturated carbocycles. The average Bonchev–Trinajstić information content (AvgIpc) is 2.73. The number of nitrogen functional groups attached to an aromatic ring is 1. The van der Waals surface area contributed by atoms with Gasteiger partial charge in [-0.2, -0.15) is 5.10 Å². The molecule has 4 nitrogen and oxygen atoms in total. The number of benzene rings is 1. The molecule has 2 aromatic rings. The smallest absolute Gasteiger partial charge is 0.123 e. The molecule has 0 spiro atoms. The number of nitrogens with two attached hydrogens (primary N) is 1. The summed E-state index contributed by atoms with van der Waals surface area (Å²) in [6.45, 7) is 2.02. The molecule has 0 aliphatic heterocycles. The zero-order valence-corrected chi connectivity index (χ0v) is 11.1. The molecule has 0 radical (unpaired) electrons. The number of hydrogen-bond acceptors (Lipinski definition) is 3. The lowest BCUT2D eigenvalue weighted by Crippen LogP contribution is -2.09. The van der Waals surface area contributed by atoms with Gasteiger partial charge in [-0.25, -0.2) is 4.39 Å². The Hall–Kier alpha value is -1.88. The van der Waals surface area contributed by atoms with Crippen LogP contribution in [-0.2, 0) is 19.9 Å². The number of nitrogens with zero attached hydrogens (tertiary/aromatic N) is 2. The fraction of sp³-hybridized carbons (Fsp3) is 0.357. The molecular weight excluding hydrogens is 245 g/mol. The molecule has 102 valence electrons. The van der Waals surface area contributed by atoms with Crippen molar-refractivity contribution >= 4 is 5.69 Å². The van der Waals surface area contributed by atoms with Crippen LogP contribution >= 0.6 is 0 Å². The molecule has 19 heavy (non-hydrogen) atoms. The van der Waals surface area contributed by atoms with Crippen molar-refractivity contribution < 1.29 is 9.50 Å². The summed E-state index contributed by atoms with van der Waals surface area (Å²) in [4.78, 5) is 0. The van der Waals surface area contributed by atoms with Crippen molar-refractivity contribution in [1.29, 1.82) is 0 Å². The van der Waals surface area contributed by atoms with Gasteiger partial charge in [-0.15, -0.1) is 0 Å². The van der Waals surface area contributed by atoms with E-state index in [1.54, 1.807) is 4.68 Å². The van der Waals surface area contributed by atoms with Gasteiger partial charge in [0.05, 0.1) is 11.8 Å². The maximum absolute atomic E-state index is 13.2. The molecule has 1 heterocycles. The maximum Gasteiger partial charge on any atom is 0.123 e. The largest absolute Gasteiger partial charge is 0.398 e. The summed E-state index contributed by atoms with van der Waals surface area (Å²) in [7, 11) is 1.83. The predicted octanol–water partition coefficient (Wildman–Crippen LogP) is 1.98. The number of aliphatic hydroxyl groups is 1. The van der Waals surface area contributed by atoms with Crippen LogP contribution in [0.5, 0.6) is 0 Å². The minimum Gasteiger partial charge on any atom is -0.398 e. The Morgan fingerprint density at radius 1 is 1.42 bits per heavy atom. The number of aromatic nitrogens is 2. The third kappa shape index (κ3) is 2.93. The van der Waals surface area contributed by atoms with Crippen LogP contribution in [0.15, 0.2) is 24.3 Å². The molecule has 0 amide bonds. The summed E-state index contributed by atoms with van der Waals surface area (Å²) in [6, 6.07) is 5.97. The first-order chi connectivity index (χ1) is 9.01. The van der Waals surface area contributed by atoms with Gasteiger partial charge in [-0.3, -0.25) is 4.68 Å². The lowest BCUT2D eigenvalue weighted by Gasteiger charge is -2.13. The highest BCUT2D eigenvalue weighted by Crippen LogP contribution is 2.24. The zero-order chi connectivity index (χ0) is 14.0. The molecule has 1 atom stereocenters. The third-order valence-corrected chi connectivity index (χ3v) is 3.20. The Labute approximate surface area is 111 Å². The van der Waals surface area contributed by atoms with Gasteiger partial charge in [0.25, 0.3) is 0 Å². The van der Waals surface area contributed by atoms with E-state index >= 15 is 0 Å². The van der Waals surface area contributed by atoms with E-state index in [9.17, 15) is 9.50 Å². The summed E-state index contributed by atoms with van der Waals surface area (Å²) >= 11 is 0. The SMILES string of the molecule is CCc1cc(CC(O)c2cc(F)ccc2N)n(C)n1. The van der Waals surface area contributed by atoms with Crippen molar-refractivity contribution in [2.45, 2.75) is 25.9 Å². The lowest BCUT2D eigenvalue weighted by atomic mass is 10.0. The van der Waals surface area contributed by atoms with Gasteiger partial charge < -0.3 is 10.8 Å². The highest BCUT2D eigenvalue weighted by Gasteiger charge is 2.15. The van der Waals surface area contributed by atoms with Crippen molar-refractivity contribution in [2.75, 3.05) is 5.73 Å². The number of rotatable bonds is 4. The summed E-state index contributed by atoms with van der Waals surface area (Å²) in [5, 5.41) is 14.5. The first kappa shape index (κ1) is 13.5. The van der Waals surface area contributed by atoms with Crippen molar-refractivity contribution in [3.8, 4) is 0 Å². The summed E-state index contributed by atoms with van der Waals surface area (Å²) in [5.74, 6) is -0.400. The second-order valence-electron chi connectivity index (χ2n) is 4.60. The van der Waals surface area contributed by atoms with Crippen LogP contribution in [-0.4, -0.2) is 14.9 Å². The number of anilines is 1. The predicted molar refractivity (Wildman–Crippen MR) is 72.1 cm³/mol. The van der Waals surface area contributed by atoms with E-state index in [2.05, 4.69) is 5.10 Å². The summed E-state index contributed by atoms with van der Waals surface area (Å²) in [6.07, 6.45) is 0.360. The lowest BCUT2D eigenvalue weighted by molar-refractivity contribution is 0.176. The Bertz CT molecular complexity index is 580. The maximum atomic E-state index is 13.2. The molecule has 3 N–H and O–H groups in total. The molecular formula is C14H18FN3O. The number of hydrogen-bond donors (Lipinski definition) is 2. The van der Waals surface area contributed by atoms with Crippen LogP contribution in [0.25, 0.3) is 0 Å². The molecule has 1 aromatic heterocycles. The Morgan fingerprint density at radius 2 is 2.16 bits per heavy atom. The van der Waals surface area contributed by atoms with Crippen molar-refractivity contribution in [2.24, 2.45) is 7.05 Å². The molecule has 0 aliphatic rings. The second kappa shape index (κ2) is 5.40. The summed E-state index contributed by atoms with van der Waals surface area (Å²) < 4.78 is 14.9. The Morgan fingerprint density at radius 3 is 2.79 bits per heavy atom. The quantitative estimate of drug-likeness (QED) is 0.829. The first-order valence-electron chi connectivity index (χ1n) is 6.26. The molecule has 0 bridgehead atoms. The second-order valence-corrected chi connectivity index (χ2v) is 4.60. The normalized spacial score (nSPS) is 12.6. The van der Waals surface area contributed by atoms with Gasteiger partial charge in [0, 0.05) is 30.4 Å². The van der Waals surface area contributed by atoms with Crippen LogP contribution in [0.2, 0.25) is 0 Å². The molecule has 0 aliphatic carbocycles. The van der Waals surface area contributed by atoms with E-state index in [0.717, 1.165) is 17.8 Å². The van der Waals surface area contributed by atoms with Crippen LogP contribution in [0.1, 0.15) is 30.0 Å². The van der Waals surface area contributed by atoms with Gasteiger partial charge in [-0.1, -0.05) is 6.92 Å². The topological polar surface area (TPSA) is 64.1 Å². The van der Waals surface area contributed by atoms with Crippen molar-refractivity contribution in [1.82, 2.24) is 9.78 Å². The van der Waals surface area contributed by atoms with E-state index in [1.807, 2.05) is 20.0 Å². The Kier molecular flexibility index (Phi) is 3.85. The highest BCUT2D eigenvalue weighted by atomic mass is 19.1. The average molecular weight is 263 g/mol.